The Labute approximate surface area is 173 Å². The van der Waals surface area contributed by atoms with Crippen LogP contribution in [0, 0.1) is 0 Å². The maximum Gasteiger partial charge on any atom is 0.286 e. The monoisotopic (exact) mass is 412 g/mol. The van der Waals surface area contributed by atoms with E-state index in [9.17, 15) is 9.59 Å². The minimum atomic E-state index is -0.701. The summed E-state index contributed by atoms with van der Waals surface area (Å²) >= 11 is 1.34. The quantitative estimate of drug-likeness (QED) is 0.438. The second kappa shape index (κ2) is 9.75. The van der Waals surface area contributed by atoms with Gasteiger partial charge in [0.1, 0.15) is 18.0 Å². The van der Waals surface area contributed by atoms with Crippen molar-refractivity contribution in [2.75, 3.05) is 12.3 Å². The van der Waals surface area contributed by atoms with Gasteiger partial charge in [0.15, 0.2) is 11.9 Å². The highest BCUT2D eigenvalue weighted by molar-refractivity contribution is 7.26. The summed E-state index contributed by atoms with van der Waals surface area (Å²) in [6.07, 6.45) is 6.66. The first-order valence-electron chi connectivity index (χ1n) is 8.84. The van der Waals surface area contributed by atoms with Gasteiger partial charge in [0, 0.05) is 5.39 Å². The van der Waals surface area contributed by atoms with E-state index in [-0.39, 0.29) is 18.1 Å². The molecule has 29 heavy (non-hydrogen) atoms. The summed E-state index contributed by atoms with van der Waals surface area (Å²) in [5.41, 5.74) is 14.3. The number of thiophene rings is 1. The third-order valence-electron chi connectivity index (χ3n) is 3.86. The third kappa shape index (κ3) is 5.14. The maximum atomic E-state index is 11.2. The molecule has 1 amide bonds. The molecule has 0 saturated heterocycles. The van der Waals surface area contributed by atoms with Gasteiger partial charge in [-0.15, -0.1) is 11.3 Å². The van der Waals surface area contributed by atoms with Crippen LogP contribution in [0.15, 0.2) is 58.6 Å². The lowest BCUT2D eigenvalue weighted by Crippen LogP contribution is -2.11. The van der Waals surface area contributed by atoms with E-state index in [0.717, 1.165) is 10.1 Å². The SMILES string of the molecule is C=C/C(C)=C\C=C(C)C.NC(=O)c1oc2c(sc3c(OCC=O)cccc32)c1N. The number of allylic oxidation sites excluding steroid dienone is 5. The standard InChI is InChI=1S/C13H10N2O4S.C9H14/c14-8-10(13(15)17)19-9-6-2-1-3-7(18-5-4-16)11(6)20-12(8)9;1-5-9(4)7-6-8(2)3/h1-4H,5,14H2,(H2,15,17);5-7H,1H2,2-4H3/b;9-7-. The Morgan fingerprint density at radius 1 is 1.24 bits per heavy atom. The number of nitrogen functional groups attached to an aromatic ring is 1. The summed E-state index contributed by atoms with van der Waals surface area (Å²) in [4.78, 5) is 21.6. The second-order valence-corrected chi connectivity index (χ2v) is 7.46. The lowest BCUT2D eigenvalue weighted by molar-refractivity contribution is -0.109. The fourth-order valence-corrected chi connectivity index (χ4v) is 3.55. The summed E-state index contributed by atoms with van der Waals surface area (Å²) in [5, 5.41) is 0.771. The van der Waals surface area contributed by atoms with Crippen molar-refractivity contribution in [2.24, 2.45) is 5.73 Å². The molecule has 0 spiro atoms. The number of carbonyl (C=O) groups is 2. The van der Waals surface area contributed by atoms with Crippen LogP contribution in [0.25, 0.3) is 20.4 Å². The van der Waals surface area contributed by atoms with Crippen molar-refractivity contribution in [1.82, 2.24) is 0 Å². The Morgan fingerprint density at radius 3 is 2.55 bits per heavy atom. The van der Waals surface area contributed by atoms with Crippen LogP contribution in [-0.2, 0) is 4.79 Å². The normalized spacial score (nSPS) is 10.9. The van der Waals surface area contributed by atoms with E-state index in [2.05, 4.69) is 32.6 Å². The predicted octanol–water partition coefficient (Wildman–Crippen LogP) is 4.99. The van der Waals surface area contributed by atoms with Gasteiger partial charge in [0.25, 0.3) is 5.91 Å². The van der Waals surface area contributed by atoms with Gasteiger partial charge in [-0.2, -0.15) is 0 Å². The molecule has 152 valence electrons. The fourth-order valence-electron chi connectivity index (χ4n) is 2.40. The van der Waals surface area contributed by atoms with Crippen molar-refractivity contribution in [3.05, 3.63) is 59.9 Å². The molecule has 0 bridgehead atoms. The molecule has 3 aromatic rings. The van der Waals surface area contributed by atoms with Crippen molar-refractivity contribution in [3.63, 3.8) is 0 Å². The summed E-state index contributed by atoms with van der Waals surface area (Å²) < 4.78 is 12.3. The Balaban J connectivity index is 0.000000284. The number of rotatable bonds is 6. The molecule has 1 aromatic carbocycles. The first kappa shape index (κ1) is 22.0. The molecule has 0 radical (unpaired) electrons. The molecular weight excluding hydrogens is 388 g/mol. The molecule has 0 atom stereocenters. The van der Waals surface area contributed by atoms with Gasteiger partial charge in [-0.1, -0.05) is 42.0 Å². The van der Waals surface area contributed by atoms with Crippen LogP contribution in [-0.4, -0.2) is 18.8 Å². The predicted molar refractivity (Wildman–Crippen MR) is 119 cm³/mol. The zero-order chi connectivity index (χ0) is 21.6. The number of hydrogen-bond acceptors (Lipinski definition) is 6. The molecule has 0 fully saturated rings. The maximum absolute atomic E-state index is 11.2. The van der Waals surface area contributed by atoms with Gasteiger partial charge in [0.05, 0.1) is 9.40 Å². The van der Waals surface area contributed by atoms with Crippen LogP contribution in [0.5, 0.6) is 5.75 Å². The summed E-state index contributed by atoms with van der Waals surface area (Å²) in [6, 6.07) is 5.36. The number of carbonyl (C=O) groups excluding carboxylic acids is 2. The highest BCUT2D eigenvalue weighted by Gasteiger charge is 2.21. The van der Waals surface area contributed by atoms with E-state index in [4.69, 9.17) is 20.6 Å². The number of aldehydes is 1. The minimum absolute atomic E-state index is 0.0274. The molecule has 0 saturated carbocycles. The Bertz CT molecular complexity index is 1110. The molecule has 6 nitrogen and oxygen atoms in total. The van der Waals surface area contributed by atoms with Crippen molar-refractivity contribution >= 4 is 49.6 Å². The minimum Gasteiger partial charge on any atom is -0.485 e. The summed E-state index contributed by atoms with van der Waals surface area (Å²) in [6.45, 7) is 9.80. The molecule has 0 unspecified atom stereocenters. The Morgan fingerprint density at radius 2 is 1.97 bits per heavy atom. The Hall–Kier alpha value is -3.32. The molecule has 0 aliphatic rings. The molecule has 4 N–H and O–H groups in total. The average Bonchev–Trinajstić information content (AvgIpc) is 3.22. The number of amides is 1. The van der Waals surface area contributed by atoms with E-state index < -0.39 is 5.91 Å². The van der Waals surface area contributed by atoms with E-state index >= 15 is 0 Å². The van der Waals surface area contributed by atoms with Crippen LogP contribution in [0.3, 0.4) is 0 Å². The van der Waals surface area contributed by atoms with Gasteiger partial charge in [-0.3, -0.25) is 9.59 Å². The fraction of sp³-hybridized carbons (Fsp3) is 0.182. The smallest absolute Gasteiger partial charge is 0.286 e. The van der Waals surface area contributed by atoms with Gasteiger partial charge < -0.3 is 20.6 Å². The highest BCUT2D eigenvalue weighted by Crippen LogP contribution is 2.44. The lowest BCUT2D eigenvalue weighted by Gasteiger charge is -2.02. The van der Waals surface area contributed by atoms with E-state index in [1.165, 1.54) is 22.5 Å². The van der Waals surface area contributed by atoms with Crippen LogP contribution in [0.4, 0.5) is 5.69 Å². The first-order chi connectivity index (χ1) is 13.8. The van der Waals surface area contributed by atoms with Crippen LogP contribution >= 0.6 is 11.3 Å². The zero-order valence-electron chi connectivity index (χ0n) is 16.7. The van der Waals surface area contributed by atoms with Crippen LogP contribution in [0.2, 0.25) is 0 Å². The van der Waals surface area contributed by atoms with E-state index in [1.807, 2.05) is 19.1 Å². The van der Waals surface area contributed by atoms with Crippen molar-refractivity contribution in [2.45, 2.75) is 20.8 Å². The first-order valence-corrected chi connectivity index (χ1v) is 9.65. The van der Waals surface area contributed by atoms with Crippen molar-refractivity contribution in [1.29, 1.82) is 0 Å². The summed E-state index contributed by atoms with van der Waals surface area (Å²) in [5.74, 6) is -0.161. The van der Waals surface area contributed by atoms with Crippen molar-refractivity contribution in [3.8, 4) is 5.75 Å². The zero-order valence-corrected chi connectivity index (χ0v) is 17.5. The number of nitrogens with two attached hydrogens (primary N) is 2. The van der Waals surface area contributed by atoms with Crippen LogP contribution < -0.4 is 16.2 Å². The molecular formula is C22H24N2O4S. The largest absolute Gasteiger partial charge is 0.485 e. The second-order valence-electron chi connectivity index (χ2n) is 6.44. The average molecular weight is 413 g/mol. The van der Waals surface area contributed by atoms with Gasteiger partial charge in [-0.05, 0) is 32.9 Å². The topological polar surface area (TPSA) is 109 Å². The summed E-state index contributed by atoms with van der Waals surface area (Å²) in [7, 11) is 0. The number of benzene rings is 1. The number of ether oxygens (including phenoxy) is 1. The Kier molecular flexibility index (Phi) is 7.39. The molecule has 0 aliphatic heterocycles. The molecule has 2 aromatic heterocycles. The molecule has 7 heteroatoms. The van der Waals surface area contributed by atoms with Gasteiger partial charge in [-0.25, -0.2) is 0 Å². The van der Waals surface area contributed by atoms with Gasteiger partial charge >= 0.3 is 0 Å². The number of anilines is 1. The van der Waals surface area contributed by atoms with E-state index in [1.54, 1.807) is 12.1 Å². The van der Waals surface area contributed by atoms with Gasteiger partial charge in [0.2, 0.25) is 5.76 Å². The lowest BCUT2D eigenvalue weighted by atomic mass is 10.2. The van der Waals surface area contributed by atoms with Crippen molar-refractivity contribution < 1.29 is 18.7 Å². The molecule has 3 rings (SSSR count). The highest BCUT2D eigenvalue weighted by atomic mass is 32.1. The number of fused-ring (bicyclic) bond motifs is 3. The molecule has 2 heterocycles. The third-order valence-corrected chi connectivity index (χ3v) is 5.09. The van der Waals surface area contributed by atoms with E-state index in [0.29, 0.717) is 22.3 Å². The van der Waals surface area contributed by atoms with Crippen LogP contribution in [0.1, 0.15) is 31.3 Å². The number of primary amides is 1. The number of furan rings is 1. The molecule has 0 aliphatic carbocycles. The number of hydrogen-bond donors (Lipinski definition) is 2.